The summed E-state index contributed by atoms with van der Waals surface area (Å²) in [6.45, 7) is 4.58. The van der Waals surface area contributed by atoms with Crippen LogP contribution in [0.2, 0.25) is 5.02 Å². The molecule has 0 aliphatic carbocycles. The van der Waals surface area contributed by atoms with E-state index in [1.165, 1.54) is 0 Å². The van der Waals surface area contributed by atoms with Crippen molar-refractivity contribution < 1.29 is 9.90 Å². The van der Waals surface area contributed by atoms with E-state index in [1.54, 1.807) is 24.0 Å². The van der Waals surface area contributed by atoms with Crippen molar-refractivity contribution >= 4 is 23.3 Å². The standard InChI is InChI=1S/C13H17ClN2O2/c1-9-3-4-10(14)7-11(9)15-12(17)16-6-5-13(2,18)8-16/h3-4,7,18H,5-6,8H2,1-2H3,(H,15,17). The summed E-state index contributed by atoms with van der Waals surface area (Å²) in [5, 5.41) is 13.2. The molecule has 98 valence electrons. The third kappa shape index (κ3) is 2.94. The summed E-state index contributed by atoms with van der Waals surface area (Å²) in [5.74, 6) is 0. The molecule has 2 amide bonds. The van der Waals surface area contributed by atoms with Gasteiger partial charge in [-0.2, -0.15) is 0 Å². The van der Waals surface area contributed by atoms with Gasteiger partial charge in [0, 0.05) is 17.3 Å². The van der Waals surface area contributed by atoms with E-state index >= 15 is 0 Å². The second kappa shape index (κ2) is 4.78. The SMILES string of the molecule is Cc1ccc(Cl)cc1NC(=O)N1CCC(C)(O)C1. The van der Waals surface area contributed by atoms with E-state index < -0.39 is 5.60 Å². The molecule has 1 aliphatic heterocycles. The molecule has 0 radical (unpaired) electrons. The number of aryl methyl sites for hydroxylation is 1. The minimum absolute atomic E-state index is 0.196. The molecule has 1 aromatic carbocycles. The predicted octanol–water partition coefficient (Wildman–Crippen LogP) is 2.64. The Morgan fingerprint density at radius 1 is 1.56 bits per heavy atom. The van der Waals surface area contributed by atoms with Crippen LogP contribution in [-0.4, -0.2) is 34.7 Å². The monoisotopic (exact) mass is 268 g/mol. The second-order valence-corrected chi connectivity index (χ2v) is 5.49. The van der Waals surface area contributed by atoms with Gasteiger partial charge in [-0.1, -0.05) is 17.7 Å². The van der Waals surface area contributed by atoms with Crippen molar-refractivity contribution in [2.24, 2.45) is 0 Å². The van der Waals surface area contributed by atoms with Crippen LogP contribution in [0.1, 0.15) is 18.9 Å². The van der Waals surface area contributed by atoms with Crippen LogP contribution in [0.5, 0.6) is 0 Å². The minimum atomic E-state index is -0.777. The highest BCUT2D eigenvalue weighted by Gasteiger charge is 2.34. The maximum absolute atomic E-state index is 12.0. The Balaban J connectivity index is 2.06. The summed E-state index contributed by atoms with van der Waals surface area (Å²) in [5.41, 5.74) is 0.888. The van der Waals surface area contributed by atoms with Gasteiger partial charge in [0.2, 0.25) is 0 Å². The quantitative estimate of drug-likeness (QED) is 0.823. The number of likely N-dealkylation sites (tertiary alicyclic amines) is 1. The van der Waals surface area contributed by atoms with Gasteiger partial charge < -0.3 is 15.3 Å². The molecule has 0 bridgehead atoms. The Hall–Kier alpha value is -1.26. The van der Waals surface area contributed by atoms with E-state index in [0.29, 0.717) is 30.2 Å². The number of amides is 2. The Kier molecular flexibility index (Phi) is 3.50. The van der Waals surface area contributed by atoms with E-state index in [-0.39, 0.29) is 6.03 Å². The van der Waals surface area contributed by atoms with Gasteiger partial charge in [-0.05, 0) is 38.0 Å². The van der Waals surface area contributed by atoms with Crippen molar-refractivity contribution in [3.05, 3.63) is 28.8 Å². The highest BCUT2D eigenvalue weighted by Crippen LogP contribution is 2.23. The molecule has 1 unspecified atom stereocenters. The highest BCUT2D eigenvalue weighted by atomic mass is 35.5. The van der Waals surface area contributed by atoms with E-state index in [9.17, 15) is 9.90 Å². The first-order valence-electron chi connectivity index (χ1n) is 5.92. The maximum Gasteiger partial charge on any atom is 0.321 e. The van der Waals surface area contributed by atoms with Crippen LogP contribution in [0.4, 0.5) is 10.5 Å². The molecule has 1 fully saturated rings. The van der Waals surface area contributed by atoms with Gasteiger partial charge in [0.05, 0.1) is 12.1 Å². The summed E-state index contributed by atoms with van der Waals surface area (Å²) in [4.78, 5) is 13.6. The third-order valence-corrected chi connectivity index (χ3v) is 3.42. The van der Waals surface area contributed by atoms with E-state index in [0.717, 1.165) is 5.56 Å². The fraction of sp³-hybridized carbons (Fsp3) is 0.462. The molecule has 2 rings (SSSR count). The van der Waals surface area contributed by atoms with Crippen LogP contribution in [0.3, 0.4) is 0 Å². The Morgan fingerprint density at radius 2 is 2.28 bits per heavy atom. The van der Waals surface area contributed by atoms with Crippen molar-refractivity contribution in [3.63, 3.8) is 0 Å². The minimum Gasteiger partial charge on any atom is -0.388 e. The number of benzene rings is 1. The number of nitrogens with zero attached hydrogens (tertiary/aromatic N) is 1. The summed E-state index contributed by atoms with van der Waals surface area (Å²) in [6.07, 6.45) is 0.606. The van der Waals surface area contributed by atoms with E-state index in [1.807, 2.05) is 13.0 Å². The molecule has 1 atom stereocenters. The first kappa shape index (κ1) is 13.2. The molecule has 18 heavy (non-hydrogen) atoms. The first-order chi connectivity index (χ1) is 8.37. The molecule has 1 saturated heterocycles. The number of anilines is 1. The summed E-state index contributed by atoms with van der Waals surface area (Å²) in [7, 11) is 0. The molecule has 1 heterocycles. The lowest BCUT2D eigenvalue weighted by atomic mass is 10.1. The van der Waals surface area contributed by atoms with Crippen LogP contribution in [0.15, 0.2) is 18.2 Å². The molecule has 1 aliphatic rings. The van der Waals surface area contributed by atoms with Gasteiger partial charge in [0.1, 0.15) is 0 Å². The molecular weight excluding hydrogens is 252 g/mol. The van der Waals surface area contributed by atoms with Crippen molar-refractivity contribution in [1.29, 1.82) is 0 Å². The summed E-state index contributed by atoms with van der Waals surface area (Å²) in [6, 6.07) is 5.17. The number of β-amino-alcohol motifs (C(OH)–C–C–N with tert-alkyl or cyclic N) is 1. The number of rotatable bonds is 1. The van der Waals surface area contributed by atoms with Gasteiger partial charge in [-0.3, -0.25) is 0 Å². The zero-order chi connectivity index (χ0) is 13.3. The summed E-state index contributed by atoms with van der Waals surface area (Å²) >= 11 is 5.90. The number of nitrogens with one attached hydrogen (secondary N) is 1. The van der Waals surface area contributed by atoms with Gasteiger partial charge >= 0.3 is 6.03 Å². The van der Waals surface area contributed by atoms with Gasteiger partial charge in [-0.15, -0.1) is 0 Å². The number of carbonyl (C=O) groups excluding carboxylic acids is 1. The topological polar surface area (TPSA) is 52.6 Å². The normalized spacial score (nSPS) is 23.2. The van der Waals surface area contributed by atoms with Crippen LogP contribution in [0, 0.1) is 6.92 Å². The van der Waals surface area contributed by atoms with Crippen LogP contribution in [0.25, 0.3) is 0 Å². The molecule has 4 nitrogen and oxygen atoms in total. The third-order valence-electron chi connectivity index (χ3n) is 3.18. The number of halogens is 1. The van der Waals surface area contributed by atoms with Crippen LogP contribution < -0.4 is 5.32 Å². The van der Waals surface area contributed by atoms with E-state index in [2.05, 4.69) is 5.32 Å². The fourth-order valence-corrected chi connectivity index (χ4v) is 2.21. The van der Waals surface area contributed by atoms with Crippen molar-refractivity contribution in [2.45, 2.75) is 25.9 Å². The molecular formula is C13H17ClN2O2. The Bertz CT molecular complexity index is 474. The number of hydrogen-bond acceptors (Lipinski definition) is 2. The molecule has 0 spiro atoms. The van der Waals surface area contributed by atoms with Gasteiger partial charge in [0.15, 0.2) is 0 Å². The van der Waals surface area contributed by atoms with Gasteiger partial charge in [-0.25, -0.2) is 4.79 Å². The van der Waals surface area contributed by atoms with Crippen LogP contribution >= 0.6 is 11.6 Å². The molecule has 1 aromatic rings. The van der Waals surface area contributed by atoms with Gasteiger partial charge in [0.25, 0.3) is 0 Å². The fourth-order valence-electron chi connectivity index (χ4n) is 2.04. The lowest BCUT2D eigenvalue weighted by molar-refractivity contribution is 0.0727. The average molecular weight is 269 g/mol. The lowest BCUT2D eigenvalue weighted by Gasteiger charge is -2.20. The Morgan fingerprint density at radius 3 is 2.89 bits per heavy atom. The predicted molar refractivity (Wildman–Crippen MR) is 72.0 cm³/mol. The Labute approximate surface area is 112 Å². The first-order valence-corrected chi connectivity index (χ1v) is 6.30. The molecule has 5 heteroatoms. The van der Waals surface area contributed by atoms with Crippen LogP contribution in [-0.2, 0) is 0 Å². The van der Waals surface area contributed by atoms with Crippen molar-refractivity contribution in [1.82, 2.24) is 4.90 Å². The second-order valence-electron chi connectivity index (χ2n) is 5.06. The van der Waals surface area contributed by atoms with Crippen molar-refractivity contribution in [3.8, 4) is 0 Å². The maximum atomic E-state index is 12.0. The zero-order valence-electron chi connectivity index (χ0n) is 10.5. The molecule has 0 aromatic heterocycles. The average Bonchev–Trinajstić information content (AvgIpc) is 2.64. The molecule has 2 N–H and O–H groups in total. The molecule has 0 saturated carbocycles. The van der Waals surface area contributed by atoms with E-state index in [4.69, 9.17) is 11.6 Å². The number of carbonyl (C=O) groups is 1. The lowest BCUT2D eigenvalue weighted by Crippen LogP contribution is -2.36. The largest absolute Gasteiger partial charge is 0.388 e. The summed E-state index contributed by atoms with van der Waals surface area (Å²) < 4.78 is 0. The number of aliphatic hydroxyl groups is 1. The smallest absolute Gasteiger partial charge is 0.321 e. The zero-order valence-corrected chi connectivity index (χ0v) is 11.3. The number of urea groups is 1. The highest BCUT2D eigenvalue weighted by molar-refractivity contribution is 6.31. The van der Waals surface area contributed by atoms with Crippen molar-refractivity contribution in [2.75, 3.05) is 18.4 Å². The number of hydrogen-bond donors (Lipinski definition) is 2.